The fraction of sp³-hybridized carbons (Fsp3) is 0.318. The molecule has 1 heterocycles. The van der Waals surface area contributed by atoms with E-state index in [-0.39, 0.29) is 11.9 Å². The van der Waals surface area contributed by atoms with Gasteiger partial charge in [-0.3, -0.25) is 4.79 Å². The molecular weight excluding hydrogens is 388 g/mol. The van der Waals surface area contributed by atoms with E-state index < -0.39 is 0 Å². The molecule has 0 atom stereocenters. The molecular formula is C22H24N2O4S. The van der Waals surface area contributed by atoms with E-state index in [2.05, 4.69) is 4.99 Å². The van der Waals surface area contributed by atoms with E-state index in [1.54, 1.807) is 25.1 Å². The molecule has 7 heteroatoms. The predicted molar refractivity (Wildman–Crippen MR) is 113 cm³/mol. The van der Waals surface area contributed by atoms with E-state index >= 15 is 0 Å². The van der Waals surface area contributed by atoms with Crippen molar-refractivity contribution >= 4 is 33.4 Å². The van der Waals surface area contributed by atoms with Gasteiger partial charge in [0.1, 0.15) is 0 Å². The van der Waals surface area contributed by atoms with Crippen molar-refractivity contribution in [2.75, 3.05) is 19.8 Å². The molecule has 0 saturated carbocycles. The first-order chi connectivity index (χ1) is 14.0. The first-order valence-corrected chi connectivity index (χ1v) is 10.4. The molecule has 0 saturated heterocycles. The van der Waals surface area contributed by atoms with E-state index in [1.165, 1.54) is 11.3 Å². The second kappa shape index (κ2) is 9.62. The zero-order valence-corrected chi connectivity index (χ0v) is 17.6. The number of benzene rings is 2. The Hall–Kier alpha value is -2.77. The van der Waals surface area contributed by atoms with Crippen LogP contribution in [0.4, 0.5) is 0 Å². The lowest BCUT2D eigenvalue weighted by Crippen LogP contribution is -2.20. The number of amides is 1. The number of aryl methyl sites for hydroxylation is 1. The molecule has 3 rings (SSSR count). The van der Waals surface area contributed by atoms with E-state index in [9.17, 15) is 9.59 Å². The van der Waals surface area contributed by atoms with Crippen molar-refractivity contribution in [2.45, 2.75) is 27.3 Å². The number of thiazole rings is 1. The van der Waals surface area contributed by atoms with E-state index in [0.29, 0.717) is 42.3 Å². The fourth-order valence-corrected chi connectivity index (χ4v) is 4.07. The average molecular weight is 413 g/mol. The average Bonchev–Trinajstić information content (AvgIpc) is 3.05. The number of hydrogen-bond donors (Lipinski definition) is 0. The van der Waals surface area contributed by atoms with Gasteiger partial charge in [0.25, 0.3) is 5.91 Å². The minimum absolute atomic E-state index is 0.287. The van der Waals surface area contributed by atoms with Gasteiger partial charge in [0, 0.05) is 18.7 Å². The lowest BCUT2D eigenvalue weighted by molar-refractivity contribution is 0.0526. The third kappa shape index (κ3) is 4.81. The second-order valence-electron chi connectivity index (χ2n) is 6.37. The maximum atomic E-state index is 12.8. The first-order valence-electron chi connectivity index (χ1n) is 9.58. The normalized spacial score (nSPS) is 11.8. The minimum Gasteiger partial charge on any atom is -0.462 e. The van der Waals surface area contributed by atoms with Crippen molar-refractivity contribution in [1.82, 2.24) is 4.57 Å². The Morgan fingerprint density at radius 3 is 2.62 bits per heavy atom. The fourth-order valence-electron chi connectivity index (χ4n) is 2.98. The number of ether oxygens (including phenoxy) is 2. The molecule has 0 spiro atoms. The summed E-state index contributed by atoms with van der Waals surface area (Å²) in [6.07, 6.45) is 0. The van der Waals surface area contributed by atoms with Crippen molar-refractivity contribution in [1.29, 1.82) is 0 Å². The minimum atomic E-state index is -0.363. The number of carbonyl (C=O) groups excluding carboxylic acids is 2. The molecule has 1 aromatic heterocycles. The summed E-state index contributed by atoms with van der Waals surface area (Å²) >= 11 is 1.37. The van der Waals surface area contributed by atoms with Crippen molar-refractivity contribution in [3.05, 3.63) is 64.0 Å². The molecule has 2 aromatic carbocycles. The molecule has 0 unspecified atom stereocenters. The number of esters is 1. The van der Waals surface area contributed by atoms with Gasteiger partial charge in [0.05, 0.1) is 29.0 Å². The van der Waals surface area contributed by atoms with E-state index in [4.69, 9.17) is 9.47 Å². The van der Waals surface area contributed by atoms with Gasteiger partial charge in [-0.05, 0) is 50.6 Å². The van der Waals surface area contributed by atoms with Crippen LogP contribution < -0.4 is 4.80 Å². The summed E-state index contributed by atoms with van der Waals surface area (Å²) in [5.74, 6) is -0.649. The van der Waals surface area contributed by atoms with Crippen LogP contribution in [0.5, 0.6) is 0 Å². The van der Waals surface area contributed by atoms with Crippen LogP contribution in [0.3, 0.4) is 0 Å². The Bertz CT molecular complexity index is 1100. The molecule has 0 aliphatic heterocycles. The summed E-state index contributed by atoms with van der Waals surface area (Å²) in [6, 6.07) is 12.8. The van der Waals surface area contributed by atoms with Gasteiger partial charge in [-0.2, -0.15) is 4.99 Å². The summed E-state index contributed by atoms with van der Waals surface area (Å²) < 4.78 is 13.4. The summed E-state index contributed by atoms with van der Waals surface area (Å²) in [7, 11) is 0. The Kier molecular flexibility index (Phi) is 6.95. The summed E-state index contributed by atoms with van der Waals surface area (Å²) in [5, 5.41) is 0. The number of fused-ring (bicyclic) bond motifs is 1. The first kappa shape index (κ1) is 21.0. The van der Waals surface area contributed by atoms with Gasteiger partial charge in [0.2, 0.25) is 0 Å². The van der Waals surface area contributed by atoms with Crippen molar-refractivity contribution in [3.63, 3.8) is 0 Å². The predicted octanol–water partition coefficient (Wildman–Crippen LogP) is 3.97. The number of nitrogens with zero attached hydrogens (tertiary/aromatic N) is 2. The monoisotopic (exact) mass is 412 g/mol. The molecule has 0 aliphatic rings. The maximum absolute atomic E-state index is 12.8. The molecule has 0 radical (unpaired) electrons. The Balaban J connectivity index is 2.08. The third-order valence-electron chi connectivity index (χ3n) is 4.43. The molecule has 0 aliphatic carbocycles. The van der Waals surface area contributed by atoms with Crippen LogP contribution in [-0.2, 0) is 16.0 Å². The lowest BCUT2D eigenvalue weighted by atomic mass is 10.1. The van der Waals surface area contributed by atoms with Crippen LogP contribution >= 0.6 is 11.3 Å². The van der Waals surface area contributed by atoms with Crippen LogP contribution in [0.25, 0.3) is 10.2 Å². The van der Waals surface area contributed by atoms with Crippen LogP contribution in [-0.4, -0.2) is 36.3 Å². The summed E-state index contributed by atoms with van der Waals surface area (Å²) in [4.78, 5) is 29.8. The SMILES string of the molecule is CCOCCn1c(=NC(=O)c2ccccc2C)sc2cc(C(=O)OCC)ccc21. The highest BCUT2D eigenvalue weighted by molar-refractivity contribution is 7.16. The van der Waals surface area contributed by atoms with Crippen LogP contribution in [0.15, 0.2) is 47.5 Å². The third-order valence-corrected chi connectivity index (χ3v) is 5.47. The highest BCUT2D eigenvalue weighted by atomic mass is 32.1. The van der Waals surface area contributed by atoms with Crippen LogP contribution in [0.1, 0.15) is 40.1 Å². The highest BCUT2D eigenvalue weighted by Crippen LogP contribution is 2.20. The number of carbonyl (C=O) groups is 2. The van der Waals surface area contributed by atoms with Gasteiger partial charge in [-0.15, -0.1) is 0 Å². The van der Waals surface area contributed by atoms with Crippen molar-refractivity contribution < 1.29 is 19.1 Å². The van der Waals surface area contributed by atoms with Gasteiger partial charge in [0.15, 0.2) is 4.80 Å². The van der Waals surface area contributed by atoms with Crippen LogP contribution in [0, 0.1) is 6.92 Å². The van der Waals surface area contributed by atoms with Gasteiger partial charge in [-0.25, -0.2) is 4.79 Å². The quantitative estimate of drug-likeness (QED) is 0.435. The highest BCUT2D eigenvalue weighted by Gasteiger charge is 2.13. The Labute approximate surface area is 173 Å². The molecule has 0 fully saturated rings. The van der Waals surface area contributed by atoms with Gasteiger partial charge in [-0.1, -0.05) is 29.5 Å². The second-order valence-corrected chi connectivity index (χ2v) is 7.38. The topological polar surface area (TPSA) is 69.9 Å². The lowest BCUT2D eigenvalue weighted by Gasteiger charge is -2.06. The zero-order valence-electron chi connectivity index (χ0n) is 16.8. The molecule has 1 amide bonds. The summed E-state index contributed by atoms with van der Waals surface area (Å²) in [6.45, 7) is 7.61. The standard InChI is InChI=1S/C22H24N2O4S/c1-4-27-13-12-24-18-11-10-16(21(26)28-5-2)14-19(18)29-22(24)23-20(25)17-9-7-6-8-15(17)3/h6-11,14H,4-5,12-13H2,1-3H3. The Morgan fingerprint density at radius 2 is 1.90 bits per heavy atom. The van der Waals surface area contributed by atoms with Crippen molar-refractivity contribution in [2.24, 2.45) is 4.99 Å². The number of hydrogen-bond acceptors (Lipinski definition) is 5. The maximum Gasteiger partial charge on any atom is 0.338 e. The number of rotatable bonds is 7. The zero-order chi connectivity index (χ0) is 20.8. The van der Waals surface area contributed by atoms with Crippen LogP contribution in [0.2, 0.25) is 0 Å². The smallest absolute Gasteiger partial charge is 0.338 e. The summed E-state index contributed by atoms with van der Waals surface area (Å²) in [5.41, 5.74) is 2.84. The van der Waals surface area contributed by atoms with Gasteiger partial charge < -0.3 is 14.0 Å². The number of aromatic nitrogens is 1. The molecule has 152 valence electrons. The largest absolute Gasteiger partial charge is 0.462 e. The molecule has 29 heavy (non-hydrogen) atoms. The molecule has 3 aromatic rings. The molecule has 0 N–H and O–H groups in total. The van der Waals surface area contributed by atoms with E-state index in [1.807, 2.05) is 42.7 Å². The van der Waals surface area contributed by atoms with Gasteiger partial charge >= 0.3 is 5.97 Å². The van der Waals surface area contributed by atoms with Crippen molar-refractivity contribution in [3.8, 4) is 0 Å². The molecule has 0 bridgehead atoms. The molecule has 6 nitrogen and oxygen atoms in total. The Morgan fingerprint density at radius 1 is 1.10 bits per heavy atom. The van der Waals surface area contributed by atoms with E-state index in [0.717, 1.165) is 15.8 Å².